The standard InChI is InChI=1S/C19H23N3O5/c1-13-17(27-18(20-13)14-6-4-3-5-7-14)19(25)22-8-9-26-15(11-22)10-21(2)12-16(23)24/h3-7,15H,8-12H2,1-2H3,(H,23,24). The van der Waals surface area contributed by atoms with Gasteiger partial charge in [-0.2, -0.15) is 0 Å². The van der Waals surface area contributed by atoms with Gasteiger partial charge < -0.3 is 19.2 Å². The van der Waals surface area contributed by atoms with Crippen LogP contribution in [-0.4, -0.2) is 77.7 Å². The number of oxazole rings is 1. The molecule has 8 heteroatoms. The third-order valence-corrected chi connectivity index (χ3v) is 4.36. The number of morpholine rings is 1. The minimum absolute atomic E-state index is 0.0740. The van der Waals surface area contributed by atoms with Crippen molar-refractivity contribution in [3.63, 3.8) is 0 Å². The molecule has 2 aromatic rings. The summed E-state index contributed by atoms with van der Waals surface area (Å²) in [6.45, 7) is 3.34. The van der Waals surface area contributed by atoms with E-state index >= 15 is 0 Å². The van der Waals surface area contributed by atoms with Crippen LogP contribution in [0.5, 0.6) is 0 Å². The van der Waals surface area contributed by atoms with Gasteiger partial charge in [0, 0.05) is 25.2 Å². The van der Waals surface area contributed by atoms with Gasteiger partial charge in [-0.05, 0) is 26.1 Å². The molecule has 1 aromatic carbocycles. The van der Waals surface area contributed by atoms with Gasteiger partial charge in [-0.3, -0.25) is 14.5 Å². The zero-order valence-electron chi connectivity index (χ0n) is 15.4. The number of amides is 1. The van der Waals surface area contributed by atoms with Gasteiger partial charge in [-0.25, -0.2) is 4.98 Å². The molecule has 1 aliphatic rings. The summed E-state index contributed by atoms with van der Waals surface area (Å²) < 4.78 is 11.4. The van der Waals surface area contributed by atoms with E-state index in [-0.39, 0.29) is 24.3 Å². The van der Waals surface area contributed by atoms with E-state index in [2.05, 4.69) is 4.98 Å². The largest absolute Gasteiger partial charge is 0.480 e. The topological polar surface area (TPSA) is 96.1 Å². The summed E-state index contributed by atoms with van der Waals surface area (Å²) in [7, 11) is 1.71. The number of benzene rings is 1. The molecule has 1 fully saturated rings. The maximum absolute atomic E-state index is 12.9. The molecule has 1 aromatic heterocycles. The number of nitrogens with zero attached hydrogens (tertiary/aromatic N) is 3. The Balaban J connectivity index is 1.68. The summed E-state index contributed by atoms with van der Waals surface area (Å²) in [5.41, 5.74) is 1.36. The van der Waals surface area contributed by atoms with Gasteiger partial charge in [0.15, 0.2) is 0 Å². The minimum Gasteiger partial charge on any atom is -0.480 e. The van der Waals surface area contributed by atoms with Crippen molar-refractivity contribution in [1.29, 1.82) is 0 Å². The fourth-order valence-electron chi connectivity index (χ4n) is 3.10. The van der Waals surface area contributed by atoms with Gasteiger partial charge in [-0.1, -0.05) is 18.2 Å². The van der Waals surface area contributed by atoms with Gasteiger partial charge in [-0.15, -0.1) is 0 Å². The van der Waals surface area contributed by atoms with E-state index < -0.39 is 5.97 Å². The Morgan fingerprint density at radius 1 is 1.33 bits per heavy atom. The number of aromatic nitrogens is 1. The van der Waals surface area contributed by atoms with E-state index in [0.29, 0.717) is 37.8 Å². The summed E-state index contributed by atoms with van der Waals surface area (Å²) in [6.07, 6.45) is -0.246. The first-order valence-corrected chi connectivity index (χ1v) is 8.78. The maximum Gasteiger partial charge on any atom is 0.317 e. The van der Waals surface area contributed by atoms with Crippen LogP contribution in [0.4, 0.5) is 0 Å². The van der Waals surface area contributed by atoms with Crippen LogP contribution < -0.4 is 0 Å². The normalized spacial score (nSPS) is 17.3. The maximum atomic E-state index is 12.9. The highest BCUT2D eigenvalue weighted by Gasteiger charge is 2.29. The molecule has 1 amide bonds. The van der Waals surface area contributed by atoms with E-state index in [9.17, 15) is 9.59 Å². The molecule has 2 heterocycles. The molecule has 1 saturated heterocycles. The molecular weight excluding hydrogens is 350 g/mol. The Hall–Kier alpha value is -2.71. The Labute approximate surface area is 157 Å². The monoisotopic (exact) mass is 373 g/mol. The molecule has 0 radical (unpaired) electrons. The number of hydrogen-bond donors (Lipinski definition) is 1. The summed E-state index contributed by atoms with van der Waals surface area (Å²) in [5, 5.41) is 8.86. The number of aryl methyl sites for hydroxylation is 1. The van der Waals surface area contributed by atoms with Gasteiger partial charge in [0.2, 0.25) is 11.7 Å². The van der Waals surface area contributed by atoms with Crippen LogP contribution >= 0.6 is 0 Å². The zero-order chi connectivity index (χ0) is 19.4. The molecule has 1 aliphatic heterocycles. The van der Waals surface area contributed by atoms with Crippen LogP contribution in [0, 0.1) is 6.92 Å². The fourth-order valence-corrected chi connectivity index (χ4v) is 3.10. The molecule has 8 nitrogen and oxygen atoms in total. The van der Waals surface area contributed by atoms with Crippen molar-refractivity contribution in [1.82, 2.24) is 14.8 Å². The van der Waals surface area contributed by atoms with Gasteiger partial charge in [0.1, 0.15) is 0 Å². The van der Waals surface area contributed by atoms with Crippen LogP contribution in [0.25, 0.3) is 11.5 Å². The van der Waals surface area contributed by atoms with E-state index in [1.807, 2.05) is 30.3 Å². The summed E-state index contributed by atoms with van der Waals surface area (Å²) in [6, 6.07) is 9.43. The Morgan fingerprint density at radius 3 is 2.78 bits per heavy atom. The van der Waals surface area contributed by atoms with Gasteiger partial charge in [0.05, 0.1) is 24.9 Å². The number of hydrogen-bond acceptors (Lipinski definition) is 6. The van der Waals surface area contributed by atoms with Crippen molar-refractivity contribution >= 4 is 11.9 Å². The summed E-state index contributed by atoms with van der Waals surface area (Å²) in [4.78, 5) is 31.4. The van der Waals surface area contributed by atoms with Crippen molar-refractivity contribution in [3.05, 3.63) is 41.8 Å². The lowest BCUT2D eigenvalue weighted by Crippen LogP contribution is -2.49. The first-order valence-electron chi connectivity index (χ1n) is 8.78. The smallest absolute Gasteiger partial charge is 0.317 e. The van der Waals surface area contributed by atoms with Crippen LogP contribution in [-0.2, 0) is 9.53 Å². The predicted molar refractivity (Wildman–Crippen MR) is 97.5 cm³/mol. The highest BCUT2D eigenvalue weighted by atomic mass is 16.5. The first kappa shape index (κ1) is 19.1. The Bertz CT molecular complexity index is 805. The van der Waals surface area contributed by atoms with E-state index in [1.165, 1.54) is 0 Å². The number of aliphatic carboxylic acids is 1. The van der Waals surface area contributed by atoms with Crippen molar-refractivity contribution in [2.24, 2.45) is 0 Å². The quantitative estimate of drug-likeness (QED) is 0.820. The molecule has 144 valence electrons. The molecule has 1 atom stereocenters. The SMILES string of the molecule is Cc1nc(-c2ccccc2)oc1C(=O)N1CCOC(CN(C)CC(=O)O)C1. The van der Waals surface area contributed by atoms with Crippen LogP contribution in [0.3, 0.4) is 0 Å². The predicted octanol–water partition coefficient (Wildman–Crippen LogP) is 1.51. The average Bonchev–Trinajstić information content (AvgIpc) is 3.03. The molecule has 0 aliphatic carbocycles. The third kappa shape index (κ3) is 4.72. The lowest BCUT2D eigenvalue weighted by molar-refractivity contribution is -0.138. The number of ether oxygens (including phenoxy) is 1. The fraction of sp³-hybridized carbons (Fsp3) is 0.421. The molecule has 0 spiro atoms. The number of carbonyl (C=O) groups excluding carboxylic acids is 1. The second-order valence-corrected chi connectivity index (χ2v) is 6.63. The van der Waals surface area contributed by atoms with Crippen molar-refractivity contribution in [2.75, 3.05) is 39.8 Å². The van der Waals surface area contributed by atoms with Crippen molar-refractivity contribution in [3.8, 4) is 11.5 Å². The molecule has 27 heavy (non-hydrogen) atoms. The van der Waals surface area contributed by atoms with Crippen molar-refractivity contribution < 1.29 is 23.8 Å². The highest BCUT2D eigenvalue weighted by Crippen LogP contribution is 2.23. The van der Waals surface area contributed by atoms with Crippen molar-refractivity contribution in [2.45, 2.75) is 13.0 Å². The minimum atomic E-state index is -0.896. The summed E-state index contributed by atoms with van der Waals surface area (Å²) in [5.74, 6) is -0.473. The molecule has 0 bridgehead atoms. The van der Waals surface area contributed by atoms with Crippen LogP contribution in [0.15, 0.2) is 34.7 Å². The Kier molecular flexibility index (Phi) is 5.88. The van der Waals surface area contributed by atoms with Crippen LogP contribution in [0.2, 0.25) is 0 Å². The second-order valence-electron chi connectivity index (χ2n) is 6.63. The second kappa shape index (κ2) is 8.32. The highest BCUT2D eigenvalue weighted by molar-refractivity contribution is 5.93. The molecule has 1 unspecified atom stereocenters. The van der Waals surface area contributed by atoms with Crippen LogP contribution in [0.1, 0.15) is 16.2 Å². The Morgan fingerprint density at radius 2 is 2.07 bits per heavy atom. The zero-order valence-corrected chi connectivity index (χ0v) is 15.4. The number of carboxylic acids is 1. The lowest BCUT2D eigenvalue weighted by atomic mass is 10.2. The van der Waals surface area contributed by atoms with Gasteiger partial charge >= 0.3 is 5.97 Å². The summed E-state index contributed by atoms with van der Waals surface area (Å²) >= 11 is 0. The number of rotatable bonds is 6. The van der Waals surface area contributed by atoms with E-state index in [4.69, 9.17) is 14.3 Å². The molecular formula is C19H23N3O5. The number of carboxylic acid groups (broad SMARTS) is 1. The van der Waals surface area contributed by atoms with E-state index in [1.54, 1.807) is 23.8 Å². The first-order chi connectivity index (χ1) is 12.9. The molecule has 0 saturated carbocycles. The number of likely N-dealkylation sites (N-methyl/N-ethyl adjacent to an activating group) is 1. The molecule has 3 rings (SSSR count). The van der Waals surface area contributed by atoms with E-state index in [0.717, 1.165) is 5.56 Å². The van der Waals surface area contributed by atoms with Gasteiger partial charge in [0.25, 0.3) is 5.91 Å². The number of carbonyl (C=O) groups is 2. The molecule has 1 N–H and O–H groups in total. The lowest BCUT2D eigenvalue weighted by Gasteiger charge is -2.34. The third-order valence-electron chi connectivity index (χ3n) is 4.36. The average molecular weight is 373 g/mol.